The Bertz CT molecular complexity index is 1150. The van der Waals surface area contributed by atoms with Gasteiger partial charge in [-0.15, -0.1) is 0 Å². The number of phenols is 1. The van der Waals surface area contributed by atoms with Crippen LogP contribution in [0.4, 0.5) is 5.69 Å². The maximum atomic E-state index is 12.5. The molecule has 2 aromatic carbocycles. The molecule has 1 aromatic heterocycles. The van der Waals surface area contributed by atoms with E-state index < -0.39 is 26.4 Å². The average molecular weight is 416 g/mol. The van der Waals surface area contributed by atoms with Crippen molar-refractivity contribution in [2.75, 3.05) is 0 Å². The summed E-state index contributed by atoms with van der Waals surface area (Å²) in [6.07, 6.45) is 1.20. The molecule has 1 heterocycles. The molecule has 0 saturated heterocycles. The SMILES string of the molecule is O=C(NCc1cc([N+](=O)[O-])ccc1O)c1occc1CS(=O)(=O)c1ccccc1. The van der Waals surface area contributed by atoms with Crippen molar-refractivity contribution in [1.82, 2.24) is 5.32 Å². The van der Waals surface area contributed by atoms with Gasteiger partial charge in [0.1, 0.15) is 5.75 Å². The second kappa shape index (κ2) is 8.15. The van der Waals surface area contributed by atoms with Crippen molar-refractivity contribution in [3.05, 3.63) is 87.9 Å². The molecule has 0 fully saturated rings. The highest BCUT2D eigenvalue weighted by molar-refractivity contribution is 7.90. The van der Waals surface area contributed by atoms with E-state index in [1.165, 1.54) is 24.5 Å². The number of hydrogen-bond donors (Lipinski definition) is 2. The number of carbonyl (C=O) groups excluding carboxylic acids is 1. The summed E-state index contributed by atoms with van der Waals surface area (Å²) in [5.74, 6) is -1.55. The van der Waals surface area contributed by atoms with Gasteiger partial charge in [-0.3, -0.25) is 14.9 Å². The van der Waals surface area contributed by atoms with Crippen LogP contribution in [0.15, 0.2) is 70.2 Å². The fraction of sp³-hybridized carbons (Fsp3) is 0.105. The largest absolute Gasteiger partial charge is 0.508 e. The number of nitrogens with one attached hydrogen (secondary N) is 1. The van der Waals surface area contributed by atoms with Crippen molar-refractivity contribution >= 4 is 21.4 Å². The van der Waals surface area contributed by atoms with E-state index in [-0.39, 0.29) is 39.8 Å². The normalized spacial score (nSPS) is 11.2. The zero-order valence-electron chi connectivity index (χ0n) is 14.9. The lowest BCUT2D eigenvalue weighted by molar-refractivity contribution is -0.384. The number of rotatable bonds is 7. The van der Waals surface area contributed by atoms with Crippen molar-refractivity contribution in [2.45, 2.75) is 17.2 Å². The van der Waals surface area contributed by atoms with Gasteiger partial charge in [-0.05, 0) is 24.3 Å². The lowest BCUT2D eigenvalue weighted by Gasteiger charge is -2.08. The number of carbonyl (C=O) groups is 1. The second-order valence-electron chi connectivity index (χ2n) is 6.10. The van der Waals surface area contributed by atoms with Gasteiger partial charge in [0.05, 0.1) is 21.8 Å². The molecule has 0 aliphatic carbocycles. The van der Waals surface area contributed by atoms with Crippen LogP contribution in [0.1, 0.15) is 21.7 Å². The summed E-state index contributed by atoms with van der Waals surface area (Å²) >= 11 is 0. The van der Waals surface area contributed by atoms with Crippen LogP contribution >= 0.6 is 0 Å². The van der Waals surface area contributed by atoms with Gasteiger partial charge in [0.15, 0.2) is 15.6 Å². The summed E-state index contributed by atoms with van der Waals surface area (Å²) in [5, 5.41) is 23.1. The van der Waals surface area contributed by atoms with Gasteiger partial charge in [0, 0.05) is 29.8 Å². The van der Waals surface area contributed by atoms with Gasteiger partial charge in [0.2, 0.25) is 0 Å². The first-order valence-electron chi connectivity index (χ1n) is 8.36. The van der Waals surface area contributed by atoms with Crippen molar-refractivity contribution in [3.8, 4) is 5.75 Å². The Balaban J connectivity index is 1.75. The summed E-state index contributed by atoms with van der Waals surface area (Å²) in [5.41, 5.74) is 0.0758. The van der Waals surface area contributed by atoms with E-state index in [0.29, 0.717) is 0 Å². The molecule has 0 radical (unpaired) electrons. The third-order valence-corrected chi connectivity index (χ3v) is 5.80. The Morgan fingerprint density at radius 3 is 2.52 bits per heavy atom. The molecule has 3 aromatic rings. The third kappa shape index (κ3) is 4.61. The van der Waals surface area contributed by atoms with Crippen LogP contribution in [-0.4, -0.2) is 24.4 Å². The predicted molar refractivity (Wildman–Crippen MR) is 102 cm³/mol. The fourth-order valence-corrected chi connectivity index (χ4v) is 4.02. The zero-order chi connectivity index (χ0) is 21.0. The molecule has 0 atom stereocenters. The summed E-state index contributed by atoms with van der Waals surface area (Å²) in [4.78, 5) is 22.8. The molecule has 0 aliphatic heterocycles. The third-order valence-electron chi connectivity index (χ3n) is 4.11. The average Bonchev–Trinajstić information content (AvgIpc) is 3.15. The highest BCUT2D eigenvalue weighted by Gasteiger charge is 2.22. The second-order valence-corrected chi connectivity index (χ2v) is 8.09. The standard InChI is InChI=1S/C19H16N2O7S/c22-17-7-6-15(21(24)25)10-14(17)11-20-19(23)18-13(8-9-28-18)12-29(26,27)16-4-2-1-3-5-16/h1-10,22H,11-12H2,(H,20,23). The number of hydrogen-bond acceptors (Lipinski definition) is 7. The van der Waals surface area contributed by atoms with E-state index in [1.807, 2.05) is 0 Å². The maximum Gasteiger partial charge on any atom is 0.287 e. The molecule has 0 aliphatic rings. The topological polar surface area (TPSA) is 140 Å². The van der Waals surface area contributed by atoms with E-state index in [4.69, 9.17) is 4.42 Å². The monoisotopic (exact) mass is 416 g/mol. The first kappa shape index (κ1) is 20.1. The van der Waals surface area contributed by atoms with E-state index >= 15 is 0 Å². The maximum absolute atomic E-state index is 12.5. The number of nitrogens with zero attached hydrogens (tertiary/aromatic N) is 1. The Morgan fingerprint density at radius 1 is 1.10 bits per heavy atom. The van der Waals surface area contributed by atoms with E-state index in [2.05, 4.69) is 5.32 Å². The fourth-order valence-electron chi connectivity index (χ4n) is 2.65. The number of non-ortho nitro benzene ring substituents is 1. The summed E-state index contributed by atoms with van der Waals surface area (Å²) < 4.78 is 30.2. The number of nitro groups is 1. The van der Waals surface area contributed by atoms with Gasteiger partial charge < -0.3 is 14.8 Å². The van der Waals surface area contributed by atoms with Gasteiger partial charge in [0.25, 0.3) is 11.6 Å². The van der Waals surface area contributed by atoms with Crippen LogP contribution in [0.5, 0.6) is 5.75 Å². The highest BCUT2D eigenvalue weighted by atomic mass is 32.2. The van der Waals surface area contributed by atoms with Gasteiger partial charge in [-0.25, -0.2) is 8.42 Å². The van der Waals surface area contributed by atoms with E-state index in [9.17, 15) is 28.4 Å². The van der Waals surface area contributed by atoms with E-state index in [0.717, 1.165) is 18.2 Å². The first-order chi connectivity index (χ1) is 13.8. The van der Waals surface area contributed by atoms with Gasteiger partial charge >= 0.3 is 0 Å². The molecule has 0 bridgehead atoms. The minimum atomic E-state index is -3.68. The lowest BCUT2D eigenvalue weighted by atomic mass is 10.1. The van der Waals surface area contributed by atoms with Crippen LogP contribution in [-0.2, 0) is 22.1 Å². The number of furan rings is 1. The van der Waals surface area contributed by atoms with Crippen molar-refractivity contribution < 1.29 is 27.7 Å². The number of sulfone groups is 1. The quantitative estimate of drug-likeness (QED) is 0.446. The molecule has 1 amide bonds. The number of phenolic OH excluding ortho intramolecular Hbond substituents is 1. The van der Waals surface area contributed by atoms with Gasteiger partial charge in [-0.2, -0.15) is 0 Å². The number of aromatic hydroxyl groups is 1. The molecule has 0 unspecified atom stereocenters. The smallest absolute Gasteiger partial charge is 0.287 e. The molecule has 3 rings (SSSR count). The van der Waals surface area contributed by atoms with Gasteiger partial charge in [-0.1, -0.05) is 18.2 Å². The molecule has 10 heteroatoms. The van der Waals surface area contributed by atoms with Crippen molar-refractivity contribution in [3.63, 3.8) is 0 Å². The summed E-state index contributed by atoms with van der Waals surface area (Å²) in [7, 11) is -3.68. The Kier molecular flexibility index (Phi) is 5.64. The first-order valence-corrected chi connectivity index (χ1v) is 10.0. The number of amides is 1. The molecule has 0 spiro atoms. The molecule has 150 valence electrons. The Labute approximate surface area is 165 Å². The van der Waals surface area contributed by atoms with Crippen molar-refractivity contribution in [1.29, 1.82) is 0 Å². The molecule has 9 nitrogen and oxygen atoms in total. The van der Waals surface area contributed by atoms with Crippen LogP contribution in [0.25, 0.3) is 0 Å². The minimum Gasteiger partial charge on any atom is -0.508 e. The van der Waals surface area contributed by atoms with Crippen LogP contribution in [0, 0.1) is 10.1 Å². The molecule has 0 saturated carbocycles. The summed E-state index contributed by atoms with van der Waals surface area (Å²) in [6, 6.07) is 12.6. The Morgan fingerprint density at radius 2 is 1.83 bits per heavy atom. The highest BCUT2D eigenvalue weighted by Crippen LogP contribution is 2.23. The lowest BCUT2D eigenvalue weighted by Crippen LogP contribution is -2.24. The summed E-state index contributed by atoms with van der Waals surface area (Å²) in [6.45, 7) is -0.210. The molecule has 2 N–H and O–H groups in total. The molecular formula is C19H16N2O7S. The van der Waals surface area contributed by atoms with Crippen molar-refractivity contribution in [2.24, 2.45) is 0 Å². The Hall–Kier alpha value is -3.66. The molecule has 29 heavy (non-hydrogen) atoms. The molecular weight excluding hydrogens is 400 g/mol. The number of nitro benzene ring substituents is 1. The van der Waals surface area contributed by atoms with E-state index in [1.54, 1.807) is 18.2 Å². The van der Waals surface area contributed by atoms with Crippen LogP contribution < -0.4 is 5.32 Å². The minimum absolute atomic E-state index is 0.120. The number of benzene rings is 2. The zero-order valence-corrected chi connectivity index (χ0v) is 15.8. The predicted octanol–water partition coefficient (Wildman–Crippen LogP) is 2.80. The van der Waals surface area contributed by atoms with Crippen LogP contribution in [0.3, 0.4) is 0 Å². The van der Waals surface area contributed by atoms with Crippen LogP contribution in [0.2, 0.25) is 0 Å².